The van der Waals surface area contributed by atoms with E-state index in [0.29, 0.717) is 30.3 Å². The fraction of sp³-hybridized carbons (Fsp3) is 0.300. The summed E-state index contributed by atoms with van der Waals surface area (Å²) in [7, 11) is 0. The molecule has 0 spiro atoms. The van der Waals surface area contributed by atoms with Crippen LogP contribution < -0.4 is 20.1 Å². The molecule has 1 aliphatic rings. The minimum absolute atomic E-state index is 0.0457. The van der Waals surface area contributed by atoms with E-state index in [9.17, 15) is 4.79 Å². The van der Waals surface area contributed by atoms with Gasteiger partial charge in [-0.25, -0.2) is 0 Å². The Balaban J connectivity index is 1.62. The first-order chi connectivity index (χ1) is 12.3. The first kappa shape index (κ1) is 18.2. The number of ether oxygens (including phenoxy) is 2. The second kappa shape index (κ2) is 7.33. The van der Waals surface area contributed by atoms with E-state index in [1.54, 1.807) is 6.07 Å². The van der Waals surface area contributed by atoms with Crippen LogP contribution in [0.15, 0.2) is 42.5 Å². The number of anilines is 1. The number of hydrogen-bond donors (Lipinski definition) is 2. The SMILES string of the molecule is CC(C)(C)c1ccc(C(=O)NC(=S)Nc2ccc3c(c2)OCCO3)cc1. The smallest absolute Gasteiger partial charge is 0.257 e. The number of rotatable bonds is 2. The van der Waals surface area contributed by atoms with E-state index in [-0.39, 0.29) is 16.4 Å². The standard InChI is InChI=1S/C20H22N2O3S/c1-20(2,3)14-6-4-13(5-7-14)18(23)22-19(26)21-15-8-9-16-17(12-15)25-11-10-24-16/h4-9,12H,10-11H2,1-3H3,(H2,21,22,23,26). The van der Waals surface area contributed by atoms with Gasteiger partial charge < -0.3 is 14.8 Å². The molecule has 2 N–H and O–H groups in total. The van der Waals surface area contributed by atoms with Crippen LogP contribution in [0.3, 0.4) is 0 Å². The van der Waals surface area contributed by atoms with E-state index in [1.807, 2.05) is 36.4 Å². The van der Waals surface area contributed by atoms with Crippen LogP contribution in [0.1, 0.15) is 36.7 Å². The highest BCUT2D eigenvalue weighted by Gasteiger charge is 2.15. The Labute approximate surface area is 158 Å². The highest BCUT2D eigenvalue weighted by molar-refractivity contribution is 7.80. The first-order valence-electron chi connectivity index (χ1n) is 8.45. The zero-order chi connectivity index (χ0) is 18.7. The first-order valence-corrected chi connectivity index (χ1v) is 8.86. The Morgan fingerprint density at radius 2 is 1.65 bits per heavy atom. The molecule has 0 aromatic heterocycles. The number of carbonyl (C=O) groups excluding carboxylic acids is 1. The third kappa shape index (κ3) is 4.32. The van der Waals surface area contributed by atoms with E-state index < -0.39 is 0 Å². The minimum atomic E-state index is -0.250. The molecule has 2 aromatic carbocycles. The highest BCUT2D eigenvalue weighted by Crippen LogP contribution is 2.32. The van der Waals surface area contributed by atoms with Crippen LogP contribution >= 0.6 is 12.2 Å². The summed E-state index contributed by atoms with van der Waals surface area (Å²) in [6.45, 7) is 7.46. The van der Waals surface area contributed by atoms with Crippen molar-refractivity contribution in [3.63, 3.8) is 0 Å². The van der Waals surface area contributed by atoms with Crippen molar-refractivity contribution in [2.75, 3.05) is 18.5 Å². The fourth-order valence-electron chi connectivity index (χ4n) is 2.58. The molecule has 1 amide bonds. The van der Waals surface area contributed by atoms with Crippen LogP contribution in [-0.2, 0) is 5.41 Å². The lowest BCUT2D eigenvalue weighted by Crippen LogP contribution is -2.34. The Bertz CT molecular complexity index is 826. The van der Waals surface area contributed by atoms with E-state index in [4.69, 9.17) is 21.7 Å². The Morgan fingerprint density at radius 1 is 1.00 bits per heavy atom. The predicted molar refractivity (Wildman–Crippen MR) is 106 cm³/mol. The maximum atomic E-state index is 12.4. The monoisotopic (exact) mass is 370 g/mol. The molecule has 0 saturated carbocycles. The van der Waals surface area contributed by atoms with Gasteiger partial charge in [0.2, 0.25) is 0 Å². The van der Waals surface area contributed by atoms with Gasteiger partial charge in [-0.15, -0.1) is 0 Å². The third-order valence-electron chi connectivity index (χ3n) is 4.04. The average molecular weight is 370 g/mol. The van der Waals surface area contributed by atoms with E-state index in [0.717, 1.165) is 5.69 Å². The van der Waals surface area contributed by atoms with Crippen LogP contribution in [0.2, 0.25) is 0 Å². The molecule has 0 aliphatic carbocycles. The van der Waals surface area contributed by atoms with Crippen molar-refractivity contribution in [3.8, 4) is 11.5 Å². The van der Waals surface area contributed by atoms with Gasteiger partial charge in [0.1, 0.15) is 13.2 Å². The van der Waals surface area contributed by atoms with Gasteiger partial charge >= 0.3 is 0 Å². The molecule has 0 bridgehead atoms. The number of fused-ring (bicyclic) bond motifs is 1. The van der Waals surface area contributed by atoms with E-state index >= 15 is 0 Å². The molecule has 3 rings (SSSR count). The zero-order valence-electron chi connectivity index (χ0n) is 15.1. The van der Waals surface area contributed by atoms with Crippen LogP contribution in [0.25, 0.3) is 0 Å². The van der Waals surface area contributed by atoms with E-state index in [1.165, 1.54) is 5.56 Å². The largest absolute Gasteiger partial charge is 0.486 e. The molecular formula is C20H22N2O3S. The fourth-order valence-corrected chi connectivity index (χ4v) is 2.79. The Kier molecular flexibility index (Phi) is 5.13. The van der Waals surface area contributed by atoms with Gasteiger partial charge in [-0.1, -0.05) is 32.9 Å². The summed E-state index contributed by atoms with van der Waals surface area (Å²) in [5.74, 6) is 1.12. The van der Waals surface area contributed by atoms with Crippen molar-refractivity contribution in [1.29, 1.82) is 0 Å². The highest BCUT2D eigenvalue weighted by atomic mass is 32.1. The normalized spacial score (nSPS) is 13.0. The van der Waals surface area contributed by atoms with Crippen LogP contribution in [-0.4, -0.2) is 24.2 Å². The zero-order valence-corrected chi connectivity index (χ0v) is 15.9. The molecule has 26 heavy (non-hydrogen) atoms. The molecule has 5 nitrogen and oxygen atoms in total. The van der Waals surface area contributed by atoms with Gasteiger partial charge in [0.05, 0.1) is 0 Å². The summed E-state index contributed by atoms with van der Waals surface area (Å²) >= 11 is 5.24. The predicted octanol–water partition coefficient (Wildman–Crippen LogP) is 3.88. The van der Waals surface area contributed by atoms with Gasteiger partial charge in [-0.2, -0.15) is 0 Å². The van der Waals surface area contributed by atoms with Crippen molar-refractivity contribution in [2.45, 2.75) is 26.2 Å². The van der Waals surface area contributed by atoms with Gasteiger partial charge in [-0.3, -0.25) is 10.1 Å². The van der Waals surface area contributed by atoms with Gasteiger partial charge in [0.15, 0.2) is 16.6 Å². The summed E-state index contributed by atoms with van der Waals surface area (Å²) in [5, 5.41) is 5.91. The summed E-state index contributed by atoms with van der Waals surface area (Å²) < 4.78 is 11.0. The molecule has 2 aromatic rings. The second-order valence-electron chi connectivity index (χ2n) is 7.09. The number of amides is 1. The number of thiocarbonyl (C=S) groups is 1. The third-order valence-corrected chi connectivity index (χ3v) is 4.24. The lowest BCUT2D eigenvalue weighted by atomic mass is 9.87. The van der Waals surface area contributed by atoms with Crippen LogP contribution in [0, 0.1) is 0 Å². The number of hydrogen-bond acceptors (Lipinski definition) is 4. The minimum Gasteiger partial charge on any atom is -0.486 e. The summed E-state index contributed by atoms with van der Waals surface area (Å²) in [4.78, 5) is 12.4. The van der Waals surface area contributed by atoms with Crippen molar-refractivity contribution < 1.29 is 14.3 Å². The number of nitrogens with one attached hydrogen (secondary N) is 2. The van der Waals surface area contributed by atoms with Crippen molar-refractivity contribution in [2.24, 2.45) is 0 Å². The molecule has 0 saturated heterocycles. The molecule has 0 atom stereocenters. The summed E-state index contributed by atoms with van der Waals surface area (Å²) in [6.07, 6.45) is 0. The Hall–Kier alpha value is -2.60. The quantitative estimate of drug-likeness (QED) is 0.786. The molecule has 1 aliphatic heterocycles. The topological polar surface area (TPSA) is 59.6 Å². The molecule has 0 unspecified atom stereocenters. The molecule has 0 radical (unpaired) electrons. The van der Waals surface area contributed by atoms with Crippen molar-refractivity contribution in [1.82, 2.24) is 5.32 Å². The van der Waals surface area contributed by atoms with Gasteiger partial charge in [0, 0.05) is 17.3 Å². The lowest BCUT2D eigenvalue weighted by molar-refractivity contribution is 0.0977. The lowest BCUT2D eigenvalue weighted by Gasteiger charge is -2.19. The maximum absolute atomic E-state index is 12.4. The van der Waals surface area contributed by atoms with Gasteiger partial charge in [0.25, 0.3) is 5.91 Å². The summed E-state index contributed by atoms with van der Waals surface area (Å²) in [6, 6.07) is 13.0. The van der Waals surface area contributed by atoms with Crippen molar-refractivity contribution >= 4 is 28.9 Å². The molecule has 6 heteroatoms. The second-order valence-corrected chi connectivity index (χ2v) is 7.50. The van der Waals surface area contributed by atoms with Crippen LogP contribution in [0.5, 0.6) is 11.5 Å². The molecule has 0 fully saturated rings. The summed E-state index contributed by atoms with van der Waals surface area (Å²) in [5.41, 5.74) is 2.50. The van der Waals surface area contributed by atoms with Crippen LogP contribution in [0.4, 0.5) is 5.69 Å². The molecular weight excluding hydrogens is 348 g/mol. The maximum Gasteiger partial charge on any atom is 0.257 e. The van der Waals surface area contributed by atoms with Gasteiger partial charge in [-0.05, 0) is 47.5 Å². The average Bonchev–Trinajstić information content (AvgIpc) is 2.61. The number of benzene rings is 2. The Morgan fingerprint density at radius 3 is 2.31 bits per heavy atom. The number of carbonyl (C=O) groups is 1. The molecule has 1 heterocycles. The van der Waals surface area contributed by atoms with Crippen molar-refractivity contribution in [3.05, 3.63) is 53.6 Å². The van der Waals surface area contributed by atoms with E-state index in [2.05, 4.69) is 31.4 Å². The molecule has 136 valence electrons.